The van der Waals surface area contributed by atoms with Gasteiger partial charge in [-0.3, -0.25) is 0 Å². The molecule has 0 radical (unpaired) electrons. The number of nitrogen functional groups attached to an aromatic ring is 1. The molecule has 17 heavy (non-hydrogen) atoms. The quantitative estimate of drug-likeness (QED) is 0.876. The Kier molecular flexibility index (Phi) is 3.36. The van der Waals surface area contributed by atoms with Crippen molar-refractivity contribution in [2.75, 3.05) is 11.1 Å². The number of anilines is 3. The van der Waals surface area contributed by atoms with Gasteiger partial charge in [0.15, 0.2) is 0 Å². The number of nitrogens with two attached hydrogens (primary N) is 1. The predicted molar refractivity (Wildman–Crippen MR) is 70.9 cm³/mol. The topological polar surface area (TPSA) is 63.8 Å². The highest BCUT2D eigenvalue weighted by Gasteiger charge is 2.02. The molecule has 0 saturated heterocycles. The molecule has 0 saturated carbocycles. The monoisotopic (exact) mass is 268 g/mol. The van der Waals surface area contributed by atoms with Gasteiger partial charge in [-0.15, -0.1) is 0 Å². The van der Waals surface area contributed by atoms with Crippen LogP contribution in [0.4, 0.5) is 17.3 Å². The molecule has 0 atom stereocenters. The minimum absolute atomic E-state index is 0.410. The Morgan fingerprint density at radius 3 is 2.29 bits per heavy atom. The van der Waals surface area contributed by atoms with E-state index >= 15 is 0 Å². The lowest BCUT2D eigenvalue weighted by Crippen LogP contribution is -2.00. The summed E-state index contributed by atoms with van der Waals surface area (Å²) in [5.74, 6) is 1.61. The van der Waals surface area contributed by atoms with Gasteiger partial charge >= 0.3 is 0 Å². The Bertz CT molecular complexity index is 467. The van der Waals surface area contributed by atoms with Crippen LogP contribution in [0.3, 0.4) is 0 Å². The standard InChI is InChI=1S/C11H10Cl2N4/c1-6-15-10(14)5-11(16-6)17-9-3-7(12)2-8(13)4-9/h2-5H,1H3,(H3,14,15,16,17). The molecule has 2 rings (SSSR count). The van der Waals surface area contributed by atoms with E-state index in [2.05, 4.69) is 15.3 Å². The predicted octanol–water partition coefficient (Wildman–Crippen LogP) is 3.42. The lowest BCUT2D eigenvalue weighted by atomic mass is 10.3. The summed E-state index contributed by atoms with van der Waals surface area (Å²) in [7, 11) is 0. The Morgan fingerprint density at radius 2 is 1.71 bits per heavy atom. The number of nitrogens with zero attached hydrogens (tertiary/aromatic N) is 2. The Hall–Kier alpha value is -1.52. The molecule has 4 nitrogen and oxygen atoms in total. The molecule has 0 unspecified atom stereocenters. The first-order chi connectivity index (χ1) is 8.02. The van der Waals surface area contributed by atoms with Crippen LogP contribution in [0.2, 0.25) is 10.0 Å². The fourth-order valence-electron chi connectivity index (χ4n) is 1.43. The van der Waals surface area contributed by atoms with Crippen molar-refractivity contribution in [3.05, 3.63) is 40.1 Å². The summed E-state index contributed by atoms with van der Waals surface area (Å²) in [6, 6.07) is 6.80. The number of halogens is 2. The molecule has 0 fully saturated rings. The van der Waals surface area contributed by atoms with E-state index in [1.807, 2.05) is 0 Å². The SMILES string of the molecule is Cc1nc(N)cc(Nc2cc(Cl)cc(Cl)c2)n1. The van der Waals surface area contributed by atoms with E-state index in [9.17, 15) is 0 Å². The third-order valence-electron chi connectivity index (χ3n) is 1.99. The highest BCUT2D eigenvalue weighted by atomic mass is 35.5. The lowest BCUT2D eigenvalue weighted by Gasteiger charge is -2.07. The van der Waals surface area contributed by atoms with Crippen molar-refractivity contribution in [3.8, 4) is 0 Å². The number of aryl methyl sites for hydroxylation is 1. The highest BCUT2D eigenvalue weighted by Crippen LogP contribution is 2.24. The molecule has 2 aromatic rings. The maximum absolute atomic E-state index is 5.90. The number of nitrogens with one attached hydrogen (secondary N) is 1. The molecule has 1 heterocycles. The van der Waals surface area contributed by atoms with Crippen LogP contribution in [0.5, 0.6) is 0 Å². The van der Waals surface area contributed by atoms with Crippen LogP contribution < -0.4 is 11.1 Å². The normalized spacial score (nSPS) is 10.3. The first-order valence-electron chi connectivity index (χ1n) is 4.87. The summed E-state index contributed by atoms with van der Waals surface area (Å²) in [5.41, 5.74) is 6.38. The molecule has 0 amide bonds. The largest absolute Gasteiger partial charge is 0.384 e. The summed E-state index contributed by atoms with van der Waals surface area (Å²) in [6.45, 7) is 1.77. The number of hydrogen-bond donors (Lipinski definition) is 2. The van der Waals surface area contributed by atoms with Gasteiger partial charge in [-0.25, -0.2) is 9.97 Å². The van der Waals surface area contributed by atoms with E-state index in [1.165, 1.54) is 0 Å². The third-order valence-corrected chi connectivity index (χ3v) is 2.43. The maximum atomic E-state index is 5.90. The van der Waals surface area contributed by atoms with Gasteiger partial charge in [0.2, 0.25) is 0 Å². The molecule has 0 bridgehead atoms. The molecule has 0 aliphatic carbocycles. The van der Waals surface area contributed by atoms with Gasteiger partial charge < -0.3 is 11.1 Å². The summed E-state index contributed by atoms with van der Waals surface area (Å²) >= 11 is 11.8. The van der Waals surface area contributed by atoms with Gasteiger partial charge in [-0.05, 0) is 25.1 Å². The van der Waals surface area contributed by atoms with Crippen molar-refractivity contribution in [3.63, 3.8) is 0 Å². The zero-order valence-electron chi connectivity index (χ0n) is 9.04. The second-order valence-electron chi connectivity index (χ2n) is 3.51. The summed E-state index contributed by atoms with van der Waals surface area (Å²) in [4.78, 5) is 8.19. The van der Waals surface area contributed by atoms with Crippen molar-refractivity contribution in [1.29, 1.82) is 0 Å². The second-order valence-corrected chi connectivity index (χ2v) is 4.38. The fraction of sp³-hybridized carbons (Fsp3) is 0.0909. The highest BCUT2D eigenvalue weighted by molar-refractivity contribution is 6.35. The van der Waals surface area contributed by atoms with Crippen LogP contribution in [-0.2, 0) is 0 Å². The minimum Gasteiger partial charge on any atom is -0.384 e. The van der Waals surface area contributed by atoms with E-state index in [0.29, 0.717) is 27.5 Å². The molecule has 0 spiro atoms. The van der Waals surface area contributed by atoms with Crippen LogP contribution in [0.1, 0.15) is 5.82 Å². The number of benzene rings is 1. The first-order valence-corrected chi connectivity index (χ1v) is 5.63. The molecular weight excluding hydrogens is 259 g/mol. The van der Waals surface area contributed by atoms with Crippen LogP contribution in [0, 0.1) is 6.92 Å². The molecule has 6 heteroatoms. The van der Waals surface area contributed by atoms with Gasteiger partial charge in [-0.2, -0.15) is 0 Å². The third kappa shape index (κ3) is 3.22. The molecular formula is C11H10Cl2N4. The van der Waals surface area contributed by atoms with Gasteiger partial charge in [0.1, 0.15) is 17.5 Å². The molecule has 1 aromatic carbocycles. The van der Waals surface area contributed by atoms with Crippen LogP contribution >= 0.6 is 23.2 Å². The fourth-order valence-corrected chi connectivity index (χ4v) is 1.95. The Balaban J connectivity index is 2.31. The Labute approximate surface area is 109 Å². The first kappa shape index (κ1) is 12.0. The maximum Gasteiger partial charge on any atom is 0.136 e. The van der Waals surface area contributed by atoms with Gasteiger partial charge in [0.25, 0.3) is 0 Å². The van der Waals surface area contributed by atoms with E-state index in [0.717, 1.165) is 5.69 Å². The summed E-state index contributed by atoms with van der Waals surface area (Å²) in [6.07, 6.45) is 0. The summed E-state index contributed by atoms with van der Waals surface area (Å²) < 4.78 is 0. The molecule has 3 N–H and O–H groups in total. The van der Waals surface area contributed by atoms with Crippen LogP contribution in [0.15, 0.2) is 24.3 Å². The van der Waals surface area contributed by atoms with E-state index in [1.54, 1.807) is 31.2 Å². The van der Waals surface area contributed by atoms with Gasteiger partial charge in [0.05, 0.1) is 0 Å². The zero-order chi connectivity index (χ0) is 12.4. The van der Waals surface area contributed by atoms with E-state index in [-0.39, 0.29) is 0 Å². The van der Waals surface area contributed by atoms with E-state index in [4.69, 9.17) is 28.9 Å². The van der Waals surface area contributed by atoms with Gasteiger partial charge in [-0.1, -0.05) is 23.2 Å². The average molecular weight is 269 g/mol. The van der Waals surface area contributed by atoms with Crippen LogP contribution in [0.25, 0.3) is 0 Å². The molecule has 88 valence electrons. The molecule has 0 aliphatic heterocycles. The molecule has 1 aromatic heterocycles. The number of aromatic nitrogens is 2. The van der Waals surface area contributed by atoms with Crippen molar-refractivity contribution in [2.24, 2.45) is 0 Å². The Morgan fingerprint density at radius 1 is 1.06 bits per heavy atom. The number of hydrogen-bond acceptors (Lipinski definition) is 4. The minimum atomic E-state index is 0.410. The van der Waals surface area contributed by atoms with Crippen molar-refractivity contribution >= 4 is 40.5 Å². The number of rotatable bonds is 2. The molecule has 0 aliphatic rings. The summed E-state index contributed by atoms with van der Waals surface area (Å²) in [5, 5.41) is 4.18. The zero-order valence-corrected chi connectivity index (χ0v) is 10.5. The smallest absolute Gasteiger partial charge is 0.136 e. The lowest BCUT2D eigenvalue weighted by molar-refractivity contribution is 1.06. The van der Waals surface area contributed by atoms with Crippen molar-refractivity contribution in [2.45, 2.75) is 6.92 Å². The van der Waals surface area contributed by atoms with Crippen LogP contribution in [-0.4, -0.2) is 9.97 Å². The van der Waals surface area contributed by atoms with E-state index < -0.39 is 0 Å². The second kappa shape index (κ2) is 4.77. The van der Waals surface area contributed by atoms with Gasteiger partial charge in [0, 0.05) is 21.8 Å². The average Bonchev–Trinajstić information content (AvgIpc) is 2.13. The van der Waals surface area contributed by atoms with Crippen molar-refractivity contribution < 1.29 is 0 Å². The van der Waals surface area contributed by atoms with Crippen molar-refractivity contribution in [1.82, 2.24) is 9.97 Å².